The minimum atomic E-state index is -2.79. The maximum atomic E-state index is 13.6. The molecule has 2 atom stereocenters. The second-order valence-electron chi connectivity index (χ2n) is 11.9. The quantitative estimate of drug-likeness (QED) is 0.285. The van der Waals surface area contributed by atoms with E-state index in [-0.39, 0.29) is 50.5 Å². The fourth-order valence-electron chi connectivity index (χ4n) is 5.94. The number of benzene rings is 2. The zero-order chi connectivity index (χ0) is 32.4. The van der Waals surface area contributed by atoms with Crippen LogP contribution in [0.4, 0.5) is 13.6 Å². The van der Waals surface area contributed by atoms with Crippen molar-refractivity contribution in [3.8, 4) is 0 Å². The Morgan fingerprint density at radius 3 is 2.11 bits per heavy atom. The maximum absolute atomic E-state index is 13.6. The van der Waals surface area contributed by atoms with Gasteiger partial charge in [0.05, 0.1) is 0 Å². The van der Waals surface area contributed by atoms with Crippen LogP contribution in [0.15, 0.2) is 54.6 Å². The largest absolute Gasteiger partial charge is 0.465 e. The van der Waals surface area contributed by atoms with Crippen LogP contribution in [0.3, 0.4) is 0 Å². The van der Waals surface area contributed by atoms with Gasteiger partial charge in [-0.05, 0) is 35.4 Å². The molecule has 45 heavy (non-hydrogen) atoms. The van der Waals surface area contributed by atoms with E-state index in [4.69, 9.17) is 0 Å². The molecule has 0 spiro atoms. The number of piperazine rings is 1. The summed E-state index contributed by atoms with van der Waals surface area (Å²) in [6, 6.07) is 15.6. The van der Waals surface area contributed by atoms with E-state index in [1.54, 1.807) is 24.0 Å². The number of carbonyl (C=O) groups is 4. The highest BCUT2D eigenvalue weighted by atomic mass is 19.3. The molecule has 1 aliphatic heterocycles. The normalized spacial score (nSPS) is 18.4. The number of nitrogens with zero attached hydrogens (tertiary/aromatic N) is 2. The molecule has 1 aliphatic carbocycles. The number of halogens is 2. The van der Waals surface area contributed by atoms with Gasteiger partial charge in [0, 0.05) is 65.0 Å². The maximum Gasteiger partial charge on any atom is 0.405 e. The van der Waals surface area contributed by atoms with Crippen LogP contribution in [0.25, 0.3) is 0 Å². The highest BCUT2D eigenvalue weighted by Crippen LogP contribution is 2.37. The van der Waals surface area contributed by atoms with Gasteiger partial charge in [0.15, 0.2) is 0 Å². The third-order valence-corrected chi connectivity index (χ3v) is 8.61. The average molecular weight is 628 g/mol. The first kappa shape index (κ1) is 33.8. The summed E-state index contributed by atoms with van der Waals surface area (Å²) in [4.78, 5) is 54.1. The lowest BCUT2D eigenvalue weighted by Crippen LogP contribution is -2.55. The molecule has 4 N–H and O–H groups in total. The fraction of sp³-hybridized carbons (Fsp3) is 0.515. The first-order valence-corrected chi connectivity index (χ1v) is 15.6. The molecule has 2 unspecified atom stereocenters. The molecule has 2 fully saturated rings. The Labute approximate surface area is 262 Å². The summed E-state index contributed by atoms with van der Waals surface area (Å²) in [5.41, 5.74) is 2.80. The van der Waals surface area contributed by atoms with Crippen LogP contribution in [-0.4, -0.2) is 82.9 Å². The zero-order valence-electron chi connectivity index (χ0n) is 25.6. The van der Waals surface area contributed by atoms with E-state index in [1.807, 2.05) is 30.3 Å². The van der Waals surface area contributed by atoms with E-state index in [1.165, 1.54) is 5.56 Å². The summed E-state index contributed by atoms with van der Waals surface area (Å²) in [5, 5.41) is 17.0. The van der Waals surface area contributed by atoms with Gasteiger partial charge in [-0.25, -0.2) is 13.6 Å². The highest BCUT2D eigenvalue weighted by molar-refractivity contribution is 5.88. The van der Waals surface area contributed by atoms with E-state index in [9.17, 15) is 33.1 Å². The highest BCUT2D eigenvalue weighted by Gasteiger charge is 2.40. The van der Waals surface area contributed by atoms with Crippen molar-refractivity contribution >= 4 is 23.8 Å². The van der Waals surface area contributed by atoms with Crippen molar-refractivity contribution in [1.29, 1.82) is 0 Å². The van der Waals surface area contributed by atoms with Crippen LogP contribution in [0.1, 0.15) is 55.7 Å². The van der Waals surface area contributed by atoms with E-state index in [2.05, 4.69) is 33.0 Å². The number of carbonyl (C=O) groups excluding carboxylic acids is 3. The number of amides is 4. The molecule has 2 aromatic carbocycles. The molecule has 12 heteroatoms. The number of alkyl halides is 2. The molecule has 4 rings (SSSR count). The summed E-state index contributed by atoms with van der Waals surface area (Å²) in [5.74, 6) is -4.19. The summed E-state index contributed by atoms with van der Waals surface area (Å²) in [6.45, 7) is 5.30. The molecule has 10 nitrogen and oxygen atoms in total. The van der Waals surface area contributed by atoms with Gasteiger partial charge in [-0.3, -0.25) is 19.3 Å². The molecule has 4 amide bonds. The molecule has 0 aromatic heterocycles. The third kappa shape index (κ3) is 10.2. The van der Waals surface area contributed by atoms with Crippen LogP contribution in [-0.2, 0) is 33.9 Å². The monoisotopic (exact) mass is 627 g/mol. The van der Waals surface area contributed by atoms with Crippen LogP contribution in [0, 0.1) is 5.92 Å². The smallest absolute Gasteiger partial charge is 0.405 e. The number of carboxylic acid groups (broad SMARTS) is 1. The number of rotatable bonds is 12. The minimum Gasteiger partial charge on any atom is -0.465 e. The van der Waals surface area contributed by atoms with Gasteiger partial charge in [-0.2, -0.15) is 0 Å². The molecule has 1 saturated heterocycles. The SMILES string of the molecule is CCC(=O)NC(Cc1ccc(CNC(=O)C(NC(=O)O)C2CCC(F)(F)CC2)cc1)C(=O)N1CCN(Cc2ccccc2)CC1. The summed E-state index contributed by atoms with van der Waals surface area (Å²) in [6.07, 6.45) is -1.47. The fourth-order valence-corrected chi connectivity index (χ4v) is 5.94. The van der Waals surface area contributed by atoms with Gasteiger partial charge >= 0.3 is 6.09 Å². The van der Waals surface area contributed by atoms with Gasteiger partial charge in [0.1, 0.15) is 12.1 Å². The van der Waals surface area contributed by atoms with E-state index < -0.39 is 35.9 Å². The predicted molar refractivity (Wildman–Crippen MR) is 164 cm³/mol. The Morgan fingerprint density at radius 1 is 0.889 bits per heavy atom. The number of hydrogen-bond donors (Lipinski definition) is 4. The van der Waals surface area contributed by atoms with Crippen molar-refractivity contribution in [3.05, 3.63) is 71.3 Å². The molecular formula is C33H43F2N5O5. The van der Waals surface area contributed by atoms with E-state index in [0.29, 0.717) is 19.5 Å². The predicted octanol–water partition coefficient (Wildman–Crippen LogP) is 3.55. The lowest BCUT2D eigenvalue weighted by Gasteiger charge is -2.36. The van der Waals surface area contributed by atoms with Crippen molar-refractivity contribution in [3.63, 3.8) is 0 Å². The Balaban J connectivity index is 1.31. The first-order valence-electron chi connectivity index (χ1n) is 15.6. The van der Waals surface area contributed by atoms with Crippen LogP contribution in [0.2, 0.25) is 0 Å². The molecule has 244 valence electrons. The van der Waals surface area contributed by atoms with Gasteiger partial charge < -0.3 is 26.0 Å². The van der Waals surface area contributed by atoms with Crippen molar-refractivity contribution in [1.82, 2.24) is 25.8 Å². The first-order chi connectivity index (χ1) is 21.5. The third-order valence-electron chi connectivity index (χ3n) is 8.61. The van der Waals surface area contributed by atoms with Gasteiger partial charge in [0.25, 0.3) is 0 Å². The van der Waals surface area contributed by atoms with Crippen LogP contribution in [0.5, 0.6) is 0 Å². The lowest BCUT2D eigenvalue weighted by atomic mass is 9.81. The van der Waals surface area contributed by atoms with Gasteiger partial charge in [-0.15, -0.1) is 0 Å². The molecule has 0 bridgehead atoms. The Bertz CT molecular complexity index is 1290. The molecular weight excluding hydrogens is 584 g/mol. The molecule has 0 radical (unpaired) electrons. The molecule has 2 aliphatic rings. The summed E-state index contributed by atoms with van der Waals surface area (Å²) < 4.78 is 27.2. The standard InChI is InChI=1S/C33H43F2N5O5/c1-2-28(41)37-27(31(43)40-18-16-39(17-19-40)22-25-6-4-3-5-7-25)20-23-8-10-24(11-9-23)21-36-30(42)29(38-32(44)45)26-12-14-33(34,35)15-13-26/h3-11,26-27,29,38H,2,12-22H2,1H3,(H,36,42)(H,37,41)(H,44,45). The van der Waals surface area contributed by atoms with E-state index in [0.717, 1.165) is 30.8 Å². The average Bonchev–Trinajstić information content (AvgIpc) is 3.03. The van der Waals surface area contributed by atoms with E-state index >= 15 is 0 Å². The Morgan fingerprint density at radius 2 is 1.51 bits per heavy atom. The second-order valence-corrected chi connectivity index (χ2v) is 11.9. The van der Waals surface area contributed by atoms with Crippen LogP contribution < -0.4 is 16.0 Å². The van der Waals surface area contributed by atoms with Crippen molar-refractivity contribution in [2.75, 3.05) is 26.2 Å². The summed E-state index contributed by atoms with van der Waals surface area (Å²) in [7, 11) is 0. The van der Waals surface area contributed by atoms with Crippen molar-refractivity contribution in [2.24, 2.45) is 5.92 Å². The Hall–Kier alpha value is -4.06. The van der Waals surface area contributed by atoms with Crippen molar-refractivity contribution < 1.29 is 33.1 Å². The van der Waals surface area contributed by atoms with Gasteiger partial charge in [0.2, 0.25) is 23.6 Å². The molecule has 1 heterocycles. The Kier molecular flexibility index (Phi) is 11.9. The van der Waals surface area contributed by atoms with Gasteiger partial charge in [-0.1, -0.05) is 61.5 Å². The minimum absolute atomic E-state index is 0.0535. The lowest BCUT2D eigenvalue weighted by molar-refractivity contribution is -0.138. The second kappa shape index (κ2) is 15.8. The molecule has 2 aromatic rings. The van der Waals surface area contributed by atoms with Crippen LogP contribution >= 0.6 is 0 Å². The molecule has 1 saturated carbocycles. The topological polar surface area (TPSA) is 131 Å². The number of nitrogens with one attached hydrogen (secondary N) is 3. The van der Waals surface area contributed by atoms with Crippen molar-refractivity contribution in [2.45, 2.75) is 76.5 Å². The summed E-state index contributed by atoms with van der Waals surface area (Å²) >= 11 is 0. The zero-order valence-corrected chi connectivity index (χ0v) is 25.6. The number of hydrogen-bond acceptors (Lipinski definition) is 5.